The van der Waals surface area contributed by atoms with Gasteiger partial charge in [0, 0.05) is 75.0 Å². The number of benzene rings is 1. The number of nitrogens with zero attached hydrogens (tertiary/aromatic N) is 2. The number of carbonyl (C=O) groups is 5. The standard InChI is InChI=1S/C41H68ClN9O10/c1-57-22-23-59-26-27-61-29-28-60-25-24-58-21-18-45-35(52)11-12-36(53)50-34(6-5-16-47-40(43)44)37(54)46-17-20-51-19-13-33(30-41(51)14-3-2-4-15-41)49-39(56)38(55)48-32-9-7-31(42)8-10-32/h7-10,33-34H,2-6,11-30H2,1H3,(H,45,52)(H,46,54)(H,48,55)(H,49,56)(H,50,53)(H4,43,44,47)/t33?,34-/m0/s1. The van der Waals surface area contributed by atoms with E-state index in [2.05, 4.69) is 36.5 Å². The highest BCUT2D eigenvalue weighted by molar-refractivity contribution is 6.39. The van der Waals surface area contributed by atoms with Crippen LogP contribution in [0, 0.1) is 0 Å². The Balaban J connectivity index is 1.37. The number of rotatable bonds is 29. The van der Waals surface area contributed by atoms with E-state index in [1.165, 1.54) is 0 Å². The molecular weight excluding hydrogens is 814 g/mol. The zero-order chi connectivity index (χ0) is 44.1. The minimum Gasteiger partial charge on any atom is -0.382 e. The summed E-state index contributed by atoms with van der Waals surface area (Å²) < 4.78 is 26.6. The van der Waals surface area contributed by atoms with Crippen LogP contribution in [0.4, 0.5) is 5.69 Å². The van der Waals surface area contributed by atoms with Crippen LogP contribution >= 0.6 is 11.6 Å². The van der Waals surface area contributed by atoms with Gasteiger partial charge in [-0.3, -0.25) is 33.9 Å². The molecule has 9 N–H and O–H groups in total. The third-order valence-corrected chi connectivity index (χ3v) is 10.7. The molecule has 2 atom stereocenters. The number of nitrogens with two attached hydrogens (primary N) is 2. The molecule has 2 fully saturated rings. The van der Waals surface area contributed by atoms with Crippen molar-refractivity contribution in [3.8, 4) is 0 Å². The number of ether oxygens (including phenoxy) is 5. The van der Waals surface area contributed by atoms with Crippen LogP contribution in [0.5, 0.6) is 0 Å². The van der Waals surface area contributed by atoms with Crippen LogP contribution < -0.4 is 38.1 Å². The highest BCUT2D eigenvalue weighted by Crippen LogP contribution is 2.40. The first kappa shape index (κ1) is 51.2. The van der Waals surface area contributed by atoms with Crippen molar-refractivity contribution in [3.63, 3.8) is 0 Å². The summed E-state index contributed by atoms with van der Waals surface area (Å²) >= 11 is 5.93. The summed E-state index contributed by atoms with van der Waals surface area (Å²) in [5, 5.41) is 14.6. The van der Waals surface area contributed by atoms with E-state index in [1.807, 2.05) is 0 Å². The van der Waals surface area contributed by atoms with Gasteiger partial charge in [-0.2, -0.15) is 0 Å². The summed E-state index contributed by atoms with van der Waals surface area (Å²) in [6, 6.07) is 5.53. The second-order valence-electron chi connectivity index (χ2n) is 15.0. The maximum atomic E-state index is 13.5. The van der Waals surface area contributed by atoms with Gasteiger partial charge in [-0.25, -0.2) is 0 Å². The van der Waals surface area contributed by atoms with Crippen molar-refractivity contribution in [3.05, 3.63) is 29.3 Å². The predicted octanol–water partition coefficient (Wildman–Crippen LogP) is 0.826. The van der Waals surface area contributed by atoms with E-state index in [9.17, 15) is 24.0 Å². The number of anilines is 1. The summed E-state index contributed by atoms with van der Waals surface area (Å²) in [5.41, 5.74) is 11.2. The van der Waals surface area contributed by atoms with E-state index < -0.39 is 23.8 Å². The topological polar surface area (TPSA) is 259 Å². The van der Waals surface area contributed by atoms with Gasteiger partial charge in [-0.1, -0.05) is 30.9 Å². The Morgan fingerprint density at radius 2 is 1.44 bits per heavy atom. The molecular formula is C41H68ClN9O10. The summed E-state index contributed by atoms with van der Waals surface area (Å²) in [5.74, 6) is -2.56. The lowest BCUT2D eigenvalue weighted by Crippen LogP contribution is -2.61. The highest BCUT2D eigenvalue weighted by Gasteiger charge is 2.43. The zero-order valence-electron chi connectivity index (χ0n) is 35.7. The number of amides is 5. The fourth-order valence-corrected chi connectivity index (χ4v) is 7.50. The second kappa shape index (κ2) is 30.0. The lowest BCUT2D eigenvalue weighted by Gasteiger charge is -2.52. The number of piperidine rings is 1. The van der Waals surface area contributed by atoms with Crippen LogP contribution in [0.3, 0.4) is 0 Å². The van der Waals surface area contributed by atoms with Crippen molar-refractivity contribution in [2.24, 2.45) is 16.5 Å². The molecule has 61 heavy (non-hydrogen) atoms. The molecule has 19 nitrogen and oxygen atoms in total. The Hall–Kier alpha value is -4.11. The Kier molecular flexibility index (Phi) is 25.2. The number of nitrogens with one attached hydrogen (secondary N) is 5. The molecule has 1 aliphatic carbocycles. The molecule has 0 aromatic heterocycles. The average Bonchev–Trinajstić information content (AvgIpc) is 3.24. The molecule has 1 heterocycles. The van der Waals surface area contributed by atoms with E-state index in [1.54, 1.807) is 31.4 Å². The zero-order valence-corrected chi connectivity index (χ0v) is 36.4. The molecule has 5 amide bonds. The van der Waals surface area contributed by atoms with Gasteiger partial charge in [0.25, 0.3) is 0 Å². The van der Waals surface area contributed by atoms with Gasteiger partial charge in [0.1, 0.15) is 6.04 Å². The summed E-state index contributed by atoms with van der Waals surface area (Å²) in [7, 11) is 1.62. The SMILES string of the molecule is COCCOCCOCCOCCOCCNC(=O)CCC(=O)N[C@@H](CCCN=C(N)N)C(=O)NCCN1CCC(NC(=O)C(=O)Nc2ccc(Cl)cc2)CC12CCCCC2. The van der Waals surface area contributed by atoms with E-state index in [4.69, 9.17) is 46.8 Å². The quantitative estimate of drug-likeness (QED) is 0.0255. The normalized spacial score (nSPS) is 16.6. The van der Waals surface area contributed by atoms with Crippen molar-refractivity contribution in [1.82, 2.24) is 26.2 Å². The fraction of sp³-hybridized carbons (Fsp3) is 0.707. The molecule has 0 bridgehead atoms. The molecule has 1 aromatic rings. The maximum absolute atomic E-state index is 13.5. The fourth-order valence-electron chi connectivity index (χ4n) is 7.37. The van der Waals surface area contributed by atoms with E-state index in [0.717, 1.165) is 32.1 Å². The van der Waals surface area contributed by atoms with Gasteiger partial charge < -0.3 is 61.7 Å². The van der Waals surface area contributed by atoms with Crippen LogP contribution in [0.1, 0.15) is 70.6 Å². The summed E-state index contributed by atoms with van der Waals surface area (Å²) in [6.07, 6.45) is 7.07. The monoisotopic (exact) mass is 881 g/mol. The van der Waals surface area contributed by atoms with Crippen molar-refractivity contribution in [2.45, 2.75) is 88.3 Å². The van der Waals surface area contributed by atoms with Crippen LogP contribution in [-0.4, -0.2) is 157 Å². The number of halogens is 1. The van der Waals surface area contributed by atoms with Crippen molar-refractivity contribution in [2.75, 3.05) is 105 Å². The van der Waals surface area contributed by atoms with Crippen LogP contribution in [0.15, 0.2) is 29.3 Å². The highest BCUT2D eigenvalue weighted by atomic mass is 35.5. The molecule has 2 aliphatic rings. The maximum Gasteiger partial charge on any atom is 0.313 e. The van der Waals surface area contributed by atoms with Gasteiger partial charge in [0.2, 0.25) is 17.7 Å². The minimum atomic E-state index is -0.851. The van der Waals surface area contributed by atoms with Crippen molar-refractivity contribution >= 4 is 52.8 Å². The summed E-state index contributed by atoms with van der Waals surface area (Å²) in [4.78, 5) is 70.7. The number of likely N-dealkylation sites (tertiary alicyclic amines) is 1. The molecule has 20 heteroatoms. The van der Waals surface area contributed by atoms with Crippen LogP contribution in [0.2, 0.25) is 5.02 Å². The van der Waals surface area contributed by atoms with Crippen molar-refractivity contribution < 1.29 is 47.7 Å². The molecule has 3 rings (SSSR count). The third kappa shape index (κ3) is 21.5. The molecule has 0 radical (unpaired) electrons. The minimum absolute atomic E-state index is 0.0553. The number of aliphatic imine (C=N–C) groups is 1. The first-order chi connectivity index (χ1) is 29.5. The Bertz CT molecular complexity index is 1500. The van der Waals surface area contributed by atoms with Gasteiger partial charge in [0.05, 0.1) is 59.5 Å². The number of hydrogen-bond donors (Lipinski definition) is 7. The number of methoxy groups -OCH3 is 1. The third-order valence-electron chi connectivity index (χ3n) is 10.4. The second-order valence-corrected chi connectivity index (χ2v) is 15.5. The van der Waals surface area contributed by atoms with Crippen LogP contribution in [0.25, 0.3) is 0 Å². The first-order valence-corrected chi connectivity index (χ1v) is 21.7. The van der Waals surface area contributed by atoms with Crippen molar-refractivity contribution in [1.29, 1.82) is 0 Å². The molecule has 1 unspecified atom stereocenters. The van der Waals surface area contributed by atoms with E-state index in [0.29, 0.717) is 109 Å². The van der Waals surface area contributed by atoms with E-state index >= 15 is 0 Å². The molecule has 344 valence electrons. The smallest absolute Gasteiger partial charge is 0.313 e. The van der Waals surface area contributed by atoms with Crippen LogP contribution in [-0.2, 0) is 47.7 Å². The number of guanidine groups is 1. The van der Waals surface area contributed by atoms with Gasteiger partial charge in [-0.05, 0) is 62.8 Å². The van der Waals surface area contributed by atoms with Gasteiger partial charge >= 0.3 is 11.8 Å². The molecule has 1 saturated carbocycles. The Morgan fingerprint density at radius 1 is 0.820 bits per heavy atom. The molecule has 1 saturated heterocycles. The molecule has 1 aliphatic heterocycles. The predicted molar refractivity (Wildman–Crippen MR) is 231 cm³/mol. The van der Waals surface area contributed by atoms with Gasteiger partial charge in [0.15, 0.2) is 5.96 Å². The number of carbonyl (C=O) groups excluding carboxylic acids is 5. The Labute approximate surface area is 364 Å². The average molecular weight is 883 g/mol. The molecule has 1 spiro atoms. The number of hydrogen-bond acceptors (Lipinski definition) is 12. The lowest BCUT2D eigenvalue weighted by atomic mass is 9.73. The van der Waals surface area contributed by atoms with E-state index in [-0.39, 0.29) is 61.9 Å². The summed E-state index contributed by atoms with van der Waals surface area (Å²) in [6.45, 7) is 6.14. The molecule has 1 aromatic carbocycles. The lowest BCUT2D eigenvalue weighted by molar-refractivity contribution is -0.137. The largest absolute Gasteiger partial charge is 0.382 e. The Morgan fingerprint density at radius 3 is 2.08 bits per heavy atom. The van der Waals surface area contributed by atoms with Gasteiger partial charge in [-0.15, -0.1) is 0 Å². The first-order valence-electron chi connectivity index (χ1n) is 21.3.